The first-order valence-corrected chi connectivity index (χ1v) is 9.94. The molecule has 0 unspecified atom stereocenters. The van der Waals surface area contributed by atoms with E-state index < -0.39 is 0 Å². The van der Waals surface area contributed by atoms with Gasteiger partial charge >= 0.3 is 0 Å². The second-order valence-corrected chi connectivity index (χ2v) is 7.16. The minimum Gasteiger partial charge on any atom is -0.487 e. The Balaban J connectivity index is 1.39. The zero-order valence-electron chi connectivity index (χ0n) is 16.6. The average molecular weight is 409 g/mol. The topological polar surface area (TPSA) is 70.2 Å². The molecule has 0 amide bonds. The van der Waals surface area contributed by atoms with E-state index in [1.807, 2.05) is 78.9 Å². The van der Waals surface area contributed by atoms with Crippen LogP contribution in [0, 0.1) is 0 Å². The molecule has 2 aromatic heterocycles. The molecule has 0 bridgehead atoms. The van der Waals surface area contributed by atoms with Crippen LogP contribution < -0.4 is 10.2 Å². The molecule has 0 atom stereocenters. The number of hydrogen-bond donors (Lipinski definition) is 0. The number of fused-ring (bicyclic) bond motifs is 1. The van der Waals surface area contributed by atoms with Crippen molar-refractivity contribution in [3.05, 3.63) is 113 Å². The minimum absolute atomic E-state index is 0.0758. The van der Waals surface area contributed by atoms with Gasteiger partial charge < -0.3 is 9.15 Å². The van der Waals surface area contributed by atoms with Crippen molar-refractivity contribution in [3.63, 3.8) is 0 Å². The Bertz CT molecular complexity index is 1380. The summed E-state index contributed by atoms with van der Waals surface area (Å²) in [5.41, 5.74) is 3.12. The fraction of sp³-hybridized carbons (Fsp3) is 0.0800. The second kappa shape index (κ2) is 8.28. The monoisotopic (exact) mass is 409 g/mol. The Morgan fingerprint density at radius 2 is 1.68 bits per heavy atom. The highest BCUT2D eigenvalue weighted by Crippen LogP contribution is 2.23. The number of ether oxygens (including phenoxy) is 1. The smallest absolute Gasteiger partial charge is 0.193 e. The molecule has 3 aromatic carbocycles. The van der Waals surface area contributed by atoms with Gasteiger partial charge in [0, 0.05) is 11.6 Å². The lowest BCUT2D eigenvalue weighted by molar-refractivity contribution is 0.293. The molecule has 5 rings (SSSR count). The lowest BCUT2D eigenvalue weighted by Crippen LogP contribution is -2.09. The van der Waals surface area contributed by atoms with E-state index in [0.29, 0.717) is 29.9 Å². The van der Waals surface area contributed by atoms with E-state index in [2.05, 4.69) is 10.3 Å². The van der Waals surface area contributed by atoms with Gasteiger partial charge in [0.1, 0.15) is 23.7 Å². The largest absolute Gasteiger partial charge is 0.487 e. The van der Waals surface area contributed by atoms with Gasteiger partial charge in [0.15, 0.2) is 5.43 Å². The first kappa shape index (κ1) is 18.8. The number of benzene rings is 3. The van der Waals surface area contributed by atoms with Crippen molar-refractivity contribution < 1.29 is 9.15 Å². The predicted octanol–water partition coefficient (Wildman–Crippen LogP) is 4.68. The molecule has 2 heterocycles. The van der Waals surface area contributed by atoms with Crippen LogP contribution in [0.4, 0.5) is 0 Å². The van der Waals surface area contributed by atoms with Crippen LogP contribution in [0.1, 0.15) is 11.3 Å². The molecule has 5 aromatic rings. The second-order valence-electron chi connectivity index (χ2n) is 7.16. The lowest BCUT2D eigenvalue weighted by atomic mass is 10.1. The van der Waals surface area contributed by atoms with Gasteiger partial charge in [-0.05, 0) is 29.8 Å². The summed E-state index contributed by atoms with van der Waals surface area (Å²) < 4.78 is 13.6. The summed E-state index contributed by atoms with van der Waals surface area (Å²) in [7, 11) is 0. The fourth-order valence-electron chi connectivity index (χ4n) is 3.42. The van der Waals surface area contributed by atoms with Crippen LogP contribution in [0.3, 0.4) is 0 Å². The van der Waals surface area contributed by atoms with Crippen LogP contribution in [-0.4, -0.2) is 15.0 Å². The van der Waals surface area contributed by atoms with Crippen molar-refractivity contribution in [2.45, 2.75) is 13.2 Å². The van der Waals surface area contributed by atoms with Crippen molar-refractivity contribution in [3.8, 4) is 17.1 Å². The highest BCUT2D eigenvalue weighted by Gasteiger charge is 2.10. The van der Waals surface area contributed by atoms with E-state index in [-0.39, 0.29) is 5.43 Å². The molecule has 0 saturated heterocycles. The van der Waals surface area contributed by atoms with Crippen molar-refractivity contribution in [2.75, 3.05) is 0 Å². The van der Waals surface area contributed by atoms with Crippen LogP contribution in [0.5, 0.6) is 5.75 Å². The molecule has 31 heavy (non-hydrogen) atoms. The van der Waals surface area contributed by atoms with E-state index in [1.54, 1.807) is 10.9 Å². The molecule has 152 valence electrons. The molecule has 0 aliphatic rings. The van der Waals surface area contributed by atoms with Crippen molar-refractivity contribution in [1.29, 1.82) is 0 Å². The Kier molecular flexibility index (Phi) is 5.02. The summed E-state index contributed by atoms with van der Waals surface area (Å²) in [6.45, 7) is 0.830. The number of para-hydroxylation sites is 1. The zero-order chi connectivity index (χ0) is 21.0. The standard InChI is InChI=1S/C25H19N3O3/c29-23-14-25(19-7-3-1-4-8-19)31-24-12-11-18(13-22(23)24)16-28-20(15-26-27-28)17-30-21-9-5-2-6-10-21/h1-15H,16-17H2. The Labute approximate surface area is 178 Å². The molecule has 0 N–H and O–H groups in total. The van der Waals surface area contributed by atoms with Gasteiger partial charge in [0.25, 0.3) is 0 Å². The summed E-state index contributed by atoms with van der Waals surface area (Å²) in [5, 5.41) is 8.71. The molecule has 0 fully saturated rings. The van der Waals surface area contributed by atoms with Crippen LogP contribution in [0.25, 0.3) is 22.3 Å². The van der Waals surface area contributed by atoms with E-state index in [4.69, 9.17) is 9.15 Å². The van der Waals surface area contributed by atoms with Crippen molar-refractivity contribution in [1.82, 2.24) is 15.0 Å². The van der Waals surface area contributed by atoms with E-state index in [1.165, 1.54) is 6.07 Å². The van der Waals surface area contributed by atoms with Crippen LogP contribution in [-0.2, 0) is 13.2 Å². The van der Waals surface area contributed by atoms with Crippen LogP contribution >= 0.6 is 0 Å². The Morgan fingerprint density at radius 1 is 0.903 bits per heavy atom. The third kappa shape index (κ3) is 4.09. The lowest BCUT2D eigenvalue weighted by Gasteiger charge is -2.09. The third-order valence-electron chi connectivity index (χ3n) is 5.01. The Morgan fingerprint density at radius 3 is 2.48 bits per heavy atom. The molecular formula is C25H19N3O3. The van der Waals surface area contributed by atoms with E-state index >= 15 is 0 Å². The summed E-state index contributed by atoms with van der Waals surface area (Å²) >= 11 is 0. The van der Waals surface area contributed by atoms with E-state index in [9.17, 15) is 4.79 Å². The Hall–Kier alpha value is -4.19. The molecule has 0 aliphatic carbocycles. The minimum atomic E-state index is -0.0758. The van der Waals surface area contributed by atoms with Crippen molar-refractivity contribution >= 4 is 11.0 Å². The molecule has 0 aliphatic heterocycles. The normalized spacial score (nSPS) is 11.0. The first-order chi connectivity index (χ1) is 15.3. The van der Waals surface area contributed by atoms with Crippen LogP contribution in [0.2, 0.25) is 0 Å². The molecule has 6 heteroatoms. The third-order valence-corrected chi connectivity index (χ3v) is 5.01. The highest BCUT2D eigenvalue weighted by atomic mass is 16.5. The van der Waals surface area contributed by atoms with Gasteiger partial charge in [-0.1, -0.05) is 59.8 Å². The average Bonchev–Trinajstić information content (AvgIpc) is 3.26. The molecule has 0 radical (unpaired) electrons. The van der Waals surface area contributed by atoms with Gasteiger partial charge in [0.05, 0.1) is 23.8 Å². The number of hydrogen-bond acceptors (Lipinski definition) is 5. The van der Waals surface area contributed by atoms with Gasteiger partial charge in [-0.25, -0.2) is 4.68 Å². The zero-order valence-corrected chi connectivity index (χ0v) is 16.6. The summed E-state index contributed by atoms with van der Waals surface area (Å²) in [5.74, 6) is 1.34. The summed E-state index contributed by atoms with van der Waals surface area (Å²) in [4.78, 5) is 12.7. The molecule has 0 saturated carbocycles. The first-order valence-electron chi connectivity index (χ1n) is 9.94. The van der Waals surface area contributed by atoms with E-state index in [0.717, 1.165) is 22.6 Å². The van der Waals surface area contributed by atoms with Crippen LogP contribution in [0.15, 0.2) is 100 Å². The van der Waals surface area contributed by atoms with Gasteiger partial charge in [0.2, 0.25) is 0 Å². The quantitative estimate of drug-likeness (QED) is 0.407. The van der Waals surface area contributed by atoms with Gasteiger partial charge in [-0.2, -0.15) is 0 Å². The number of nitrogens with zero attached hydrogens (tertiary/aromatic N) is 3. The number of aromatic nitrogens is 3. The summed E-state index contributed by atoms with van der Waals surface area (Å²) in [6.07, 6.45) is 1.69. The number of rotatable bonds is 6. The summed E-state index contributed by atoms with van der Waals surface area (Å²) in [6, 6.07) is 26.3. The highest BCUT2D eigenvalue weighted by molar-refractivity contribution is 5.79. The van der Waals surface area contributed by atoms with Gasteiger partial charge in [-0.15, -0.1) is 5.10 Å². The fourth-order valence-corrected chi connectivity index (χ4v) is 3.42. The maximum absolute atomic E-state index is 12.7. The molecule has 0 spiro atoms. The SMILES string of the molecule is O=c1cc(-c2ccccc2)oc2ccc(Cn3nncc3COc3ccccc3)cc12. The van der Waals surface area contributed by atoms with Crippen molar-refractivity contribution in [2.24, 2.45) is 0 Å². The molecule has 6 nitrogen and oxygen atoms in total. The van der Waals surface area contributed by atoms with Gasteiger partial charge in [-0.3, -0.25) is 4.79 Å². The maximum Gasteiger partial charge on any atom is 0.193 e. The maximum atomic E-state index is 12.7. The predicted molar refractivity (Wildman–Crippen MR) is 118 cm³/mol. The molecular weight excluding hydrogens is 390 g/mol.